The van der Waals surface area contributed by atoms with Crippen molar-refractivity contribution < 1.29 is 9.53 Å². The van der Waals surface area contributed by atoms with Crippen LogP contribution < -0.4 is 5.43 Å². The first-order valence-corrected chi connectivity index (χ1v) is 5.58. The predicted molar refractivity (Wildman–Crippen MR) is 65.9 cm³/mol. The molecule has 0 aliphatic rings. The van der Waals surface area contributed by atoms with Gasteiger partial charge < -0.3 is 4.74 Å². The molecule has 2 rings (SSSR count). The number of fused-ring (bicyclic) bond motifs is 1. The van der Waals surface area contributed by atoms with Gasteiger partial charge in [0.1, 0.15) is 17.4 Å². The quantitative estimate of drug-likeness (QED) is 0.800. The largest absolute Gasteiger partial charge is 0.443 e. The Bertz CT molecular complexity index is 589. The molecule has 0 atom stereocenters. The van der Waals surface area contributed by atoms with Crippen LogP contribution in [-0.4, -0.2) is 31.3 Å². The Hall–Kier alpha value is -1.89. The van der Waals surface area contributed by atoms with Gasteiger partial charge >= 0.3 is 6.09 Å². The summed E-state index contributed by atoms with van der Waals surface area (Å²) in [5, 5.41) is 0.0789. The summed E-state index contributed by atoms with van der Waals surface area (Å²) in [6.07, 6.45) is 2.27. The van der Waals surface area contributed by atoms with E-state index in [1.807, 2.05) is 0 Å². The van der Waals surface area contributed by atoms with Gasteiger partial charge in [-0.05, 0) is 32.4 Å². The van der Waals surface area contributed by atoms with Gasteiger partial charge in [0.05, 0.1) is 6.20 Å². The predicted octanol–water partition coefficient (Wildman–Crippen LogP) is 1.96. The molecule has 2 heterocycles. The van der Waals surface area contributed by atoms with E-state index in [2.05, 4.69) is 20.4 Å². The SMILES string of the molecule is CC(C)(C)OC(=O)Nn1cnc2cnc(Cl)nc21. The first kappa shape index (κ1) is 12.6. The van der Waals surface area contributed by atoms with Crippen LogP contribution in [0, 0.1) is 0 Å². The number of nitrogens with zero attached hydrogens (tertiary/aromatic N) is 4. The van der Waals surface area contributed by atoms with Crippen LogP contribution in [0.25, 0.3) is 11.2 Å². The molecule has 2 aromatic heterocycles. The van der Waals surface area contributed by atoms with Crippen LogP contribution in [-0.2, 0) is 4.74 Å². The fourth-order valence-corrected chi connectivity index (χ4v) is 1.40. The molecule has 2 aromatic rings. The van der Waals surface area contributed by atoms with Crippen LogP contribution in [0.15, 0.2) is 12.5 Å². The fourth-order valence-electron chi connectivity index (χ4n) is 1.27. The summed E-state index contributed by atoms with van der Waals surface area (Å²) in [6.45, 7) is 5.33. The molecule has 7 nitrogen and oxygen atoms in total. The van der Waals surface area contributed by atoms with Gasteiger partial charge in [-0.1, -0.05) is 0 Å². The summed E-state index contributed by atoms with van der Waals surface area (Å²) in [5.74, 6) is 0. The van der Waals surface area contributed by atoms with Gasteiger partial charge in [-0.3, -0.25) is 0 Å². The van der Waals surface area contributed by atoms with Crippen molar-refractivity contribution in [3.8, 4) is 0 Å². The highest BCUT2D eigenvalue weighted by Crippen LogP contribution is 2.11. The summed E-state index contributed by atoms with van der Waals surface area (Å²) >= 11 is 5.68. The normalized spacial score (nSPS) is 11.6. The number of ether oxygens (including phenoxy) is 1. The molecule has 0 aliphatic heterocycles. The second-order valence-corrected chi connectivity index (χ2v) is 4.91. The summed E-state index contributed by atoms with van der Waals surface area (Å²) in [5.41, 5.74) is 2.84. The fraction of sp³-hybridized carbons (Fsp3) is 0.400. The lowest BCUT2D eigenvalue weighted by molar-refractivity contribution is 0.0614. The smallest absolute Gasteiger partial charge is 0.427 e. The number of hydrogen-bond acceptors (Lipinski definition) is 5. The number of imidazole rings is 1. The van der Waals surface area contributed by atoms with E-state index in [0.29, 0.717) is 11.2 Å². The van der Waals surface area contributed by atoms with Crippen molar-refractivity contribution in [1.82, 2.24) is 19.6 Å². The third kappa shape index (κ3) is 2.86. The lowest BCUT2D eigenvalue weighted by Crippen LogP contribution is -2.31. The standard InChI is InChI=1S/C10H12ClN5O2/c1-10(2,3)18-9(17)15-16-5-13-6-4-12-8(11)14-7(6)16/h4-5H,1-3H3,(H,15,17). The molecule has 0 aromatic carbocycles. The Kier molecular flexibility index (Phi) is 3.08. The average Bonchev–Trinajstić information content (AvgIpc) is 2.58. The van der Waals surface area contributed by atoms with Crippen LogP contribution in [0.2, 0.25) is 5.28 Å². The molecule has 18 heavy (non-hydrogen) atoms. The molecule has 0 aliphatic carbocycles. The van der Waals surface area contributed by atoms with Crippen molar-refractivity contribution in [3.05, 3.63) is 17.8 Å². The number of aromatic nitrogens is 4. The molecule has 0 saturated carbocycles. The lowest BCUT2D eigenvalue weighted by Gasteiger charge is -2.19. The Morgan fingerprint density at radius 1 is 1.44 bits per heavy atom. The molecule has 96 valence electrons. The van der Waals surface area contributed by atoms with E-state index in [1.165, 1.54) is 17.2 Å². The van der Waals surface area contributed by atoms with Crippen LogP contribution in [0.1, 0.15) is 20.8 Å². The molecule has 0 unspecified atom stereocenters. The Morgan fingerprint density at radius 3 is 2.83 bits per heavy atom. The molecular formula is C10H12ClN5O2. The van der Waals surface area contributed by atoms with E-state index >= 15 is 0 Å². The first-order valence-electron chi connectivity index (χ1n) is 5.21. The number of nitrogens with one attached hydrogen (secondary N) is 1. The molecule has 0 spiro atoms. The van der Waals surface area contributed by atoms with Crippen LogP contribution in [0.4, 0.5) is 4.79 Å². The molecule has 1 N–H and O–H groups in total. The Morgan fingerprint density at radius 2 is 2.17 bits per heavy atom. The number of carbonyl (C=O) groups excluding carboxylic acids is 1. The summed E-state index contributed by atoms with van der Waals surface area (Å²) in [7, 11) is 0. The van der Waals surface area contributed by atoms with E-state index in [9.17, 15) is 4.79 Å². The van der Waals surface area contributed by atoms with Gasteiger partial charge in [0.2, 0.25) is 5.28 Å². The molecular weight excluding hydrogens is 258 g/mol. The van der Waals surface area contributed by atoms with Crippen molar-refractivity contribution in [3.63, 3.8) is 0 Å². The molecule has 0 fully saturated rings. The van der Waals surface area contributed by atoms with Crippen LogP contribution in [0.5, 0.6) is 0 Å². The van der Waals surface area contributed by atoms with Crippen molar-refractivity contribution >= 4 is 28.9 Å². The highest BCUT2D eigenvalue weighted by Gasteiger charge is 2.17. The maximum atomic E-state index is 11.6. The van der Waals surface area contributed by atoms with Gasteiger partial charge in [0.25, 0.3) is 0 Å². The summed E-state index contributed by atoms with van der Waals surface area (Å²) < 4.78 is 6.45. The zero-order valence-electron chi connectivity index (χ0n) is 10.1. The molecule has 1 amide bonds. The average molecular weight is 270 g/mol. The second-order valence-electron chi connectivity index (χ2n) is 4.58. The Labute approximate surface area is 108 Å². The highest BCUT2D eigenvalue weighted by atomic mass is 35.5. The minimum Gasteiger partial charge on any atom is -0.443 e. The minimum absolute atomic E-state index is 0.0789. The second kappa shape index (κ2) is 4.41. The highest BCUT2D eigenvalue weighted by molar-refractivity contribution is 6.28. The summed E-state index contributed by atoms with van der Waals surface area (Å²) in [6, 6.07) is 0. The lowest BCUT2D eigenvalue weighted by atomic mass is 10.2. The Balaban J connectivity index is 2.22. The number of rotatable bonds is 1. The zero-order chi connectivity index (χ0) is 13.3. The number of halogens is 1. The topological polar surface area (TPSA) is 81.9 Å². The molecule has 8 heteroatoms. The van der Waals surface area contributed by atoms with Crippen LogP contribution in [0.3, 0.4) is 0 Å². The summed E-state index contributed by atoms with van der Waals surface area (Å²) in [4.78, 5) is 23.4. The number of carbonyl (C=O) groups is 1. The third-order valence-electron chi connectivity index (χ3n) is 1.87. The first-order chi connectivity index (χ1) is 8.35. The number of hydrogen-bond donors (Lipinski definition) is 1. The minimum atomic E-state index is -0.600. The van der Waals surface area contributed by atoms with Gasteiger partial charge in [-0.15, -0.1) is 0 Å². The van der Waals surface area contributed by atoms with Gasteiger partial charge in [0.15, 0.2) is 5.65 Å². The van der Waals surface area contributed by atoms with Crippen LogP contribution >= 0.6 is 11.6 Å². The third-order valence-corrected chi connectivity index (χ3v) is 2.05. The van der Waals surface area contributed by atoms with E-state index in [1.54, 1.807) is 20.8 Å². The van der Waals surface area contributed by atoms with Gasteiger partial charge in [0, 0.05) is 0 Å². The zero-order valence-corrected chi connectivity index (χ0v) is 10.9. The monoisotopic (exact) mass is 269 g/mol. The molecule has 0 bridgehead atoms. The van der Waals surface area contributed by atoms with E-state index < -0.39 is 11.7 Å². The van der Waals surface area contributed by atoms with Crippen molar-refractivity contribution in [1.29, 1.82) is 0 Å². The van der Waals surface area contributed by atoms with Crippen molar-refractivity contribution in [2.75, 3.05) is 5.43 Å². The van der Waals surface area contributed by atoms with E-state index in [4.69, 9.17) is 16.3 Å². The van der Waals surface area contributed by atoms with Gasteiger partial charge in [-0.2, -0.15) is 4.98 Å². The maximum Gasteiger partial charge on any atom is 0.427 e. The van der Waals surface area contributed by atoms with Gasteiger partial charge in [-0.25, -0.2) is 24.9 Å². The van der Waals surface area contributed by atoms with E-state index in [0.717, 1.165) is 0 Å². The van der Waals surface area contributed by atoms with E-state index in [-0.39, 0.29) is 5.28 Å². The maximum absolute atomic E-state index is 11.6. The molecule has 0 saturated heterocycles. The van der Waals surface area contributed by atoms with Crippen molar-refractivity contribution in [2.24, 2.45) is 0 Å². The molecule has 0 radical (unpaired) electrons. The van der Waals surface area contributed by atoms with Crippen molar-refractivity contribution in [2.45, 2.75) is 26.4 Å². The number of amides is 1.